The lowest BCUT2D eigenvalue weighted by molar-refractivity contribution is -0.122. The summed E-state index contributed by atoms with van der Waals surface area (Å²) in [6.07, 6.45) is 0. The fourth-order valence-electron chi connectivity index (χ4n) is 3.05. The number of fused-ring (bicyclic) bond motifs is 1. The molecule has 29 heavy (non-hydrogen) atoms. The number of benzene rings is 1. The second kappa shape index (κ2) is 8.16. The molecule has 3 rings (SSSR count). The van der Waals surface area contributed by atoms with Gasteiger partial charge in [0.05, 0.1) is 23.7 Å². The molecule has 6 nitrogen and oxygen atoms in total. The van der Waals surface area contributed by atoms with E-state index in [0.717, 1.165) is 21.5 Å². The fraction of sp³-hybridized carbons (Fsp3) is 0.381. The van der Waals surface area contributed by atoms with Crippen molar-refractivity contribution < 1.29 is 9.59 Å². The lowest BCUT2D eigenvalue weighted by Gasteiger charge is -2.23. The summed E-state index contributed by atoms with van der Waals surface area (Å²) in [5, 5.41) is 9.10. The van der Waals surface area contributed by atoms with Gasteiger partial charge in [0.1, 0.15) is 4.83 Å². The van der Waals surface area contributed by atoms with Crippen LogP contribution in [0.25, 0.3) is 10.2 Å². The molecule has 1 N–H and O–H groups in total. The van der Waals surface area contributed by atoms with Crippen molar-refractivity contribution in [2.75, 3.05) is 13.6 Å². The number of amides is 2. The van der Waals surface area contributed by atoms with Crippen LogP contribution in [-0.2, 0) is 11.3 Å². The highest BCUT2D eigenvalue weighted by molar-refractivity contribution is 7.20. The highest BCUT2D eigenvalue weighted by Gasteiger charge is 2.22. The molecular weight excluding hydrogens is 408 g/mol. The molecule has 3 aromatic rings. The molecule has 0 aliphatic carbocycles. The summed E-state index contributed by atoms with van der Waals surface area (Å²) >= 11 is 7.67. The Hall–Kier alpha value is -2.38. The maximum Gasteiger partial charge on any atom is 0.264 e. The summed E-state index contributed by atoms with van der Waals surface area (Å²) in [7, 11) is 1.64. The number of nitrogens with zero attached hydrogens (tertiary/aromatic N) is 3. The van der Waals surface area contributed by atoms with Crippen molar-refractivity contribution in [3.63, 3.8) is 0 Å². The average Bonchev–Trinajstić information content (AvgIpc) is 3.16. The summed E-state index contributed by atoms with van der Waals surface area (Å²) < 4.78 is 1.87. The maximum absolute atomic E-state index is 12.9. The molecule has 2 heterocycles. The van der Waals surface area contributed by atoms with E-state index < -0.39 is 0 Å². The summed E-state index contributed by atoms with van der Waals surface area (Å²) in [4.78, 5) is 27.9. The molecule has 2 amide bonds. The number of halogens is 1. The second-order valence-electron chi connectivity index (χ2n) is 8.12. The van der Waals surface area contributed by atoms with E-state index in [4.69, 9.17) is 11.6 Å². The van der Waals surface area contributed by atoms with Crippen LogP contribution in [0.5, 0.6) is 0 Å². The molecule has 0 fully saturated rings. The van der Waals surface area contributed by atoms with Crippen molar-refractivity contribution in [2.45, 2.75) is 39.8 Å². The van der Waals surface area contributed by atoms with E-state index in [1.54, 1.807) is 7.05 Å². The molecule has 0 saturated heterocycles. The Morgan fingerprint density at radius 1 is 1.28 bits per heavy atom. The van der Waals surface area contributed by atoms with Gasteiger partial charge in [-0.15, -0.1) is 11.3 Å². The number of carbonyl (C=O) groups is 2. The number of rotatable bonds is 5. The van der Waals surface area contributed by atoms with Gasteiger partial charge in [-0.1, -0.05) is 29.8 Å². The van der Waals surface area contributed by atoms with Crippen LogP contribution in [0.1, 0.15) is 41.7 Å². The quantitative estimate of drug-likeness (QED) is 0.660. The van der Waals surface area contributed by atoms with Gasteiger partial charge in [-0.25, -0.2) is 0 Å². The average molecular weight is 433 g/mol. The van der Waals surface area contributed by atoms with E-state index >= 15 is 0 Å². The standard InChI is InChI=1S/C21H25ClN4O2S/c1-13-15-10-17(19(28)25(5)12-18(27)23-21(2,3)4)29-20(15)26(24-13)11-14-8-6-7-9-16(14)22/h6-10H,11-12H2,1-5H3,(H,23,27). The van der Waals surface area contributed by atoms with Crippen LogP contribution >= 0.6 is 22.9 Å². The molecule has 0 unspecified atom stereocenters. The Labute approximate surface area is 179 Å². The summed E-state index contributed by atoms with van der Waals surface area (Å²) in [6, 6.07) is 9.50. The van der Waals surface area contributed by atoms with E-state index in [0.29, 0.717) is 16.4 Å². The van der Waals surface area contributed by atoms with Gasteiger partial charge in [0, 0.05) is 23.0 Å². The number of likely N-dealkylation sites (N-methyl/N-ethyl adjacent to an activating group) is 1. The lowest BCUT2D eigenvalue weighted by Crippen LogP contribution is -2.46. The zero-order chi connectivity index (χ0) is 21.3. The number of thiophene rings is 1. The van der Waals surface area contributed by atoms with Crippen LogP contribution in [0.2, 0.25) is 5.02 Å². The van der Waals surface area contributed by atoms with Crippen LogP contribution in [0.4, 0.5) is 0 Å². The predicted octanol–water partition coefficient (Wildman–Crippen LogP) is 4.09. The molecular formula is C21H25ClN4O2S. The van der Waals surface area contributed by atoms with Crippen LogP contribution in [0, 0.1) is 6.92 Å². The topological polar surface area (TPSA) is 67.2 Å². The first-order valence-electron chi connectivity index (χ1n) is 9.32. The van der Waals surface area contributed by atoms with Crippen LogP contribution in [0.15, 0.2) is 30.3 Å². The SMILES string of the molecule is Cc1nn(Cc2ccccc2Cl)c2sc(C(=O)N(C)CC(=O)NC(C)(C)C)cc12. The summed E-state index contributed by atoms with van der Waals surface area (Å²) in [5.74, 6) is -0.366. The molecule has 0 bridgehead atoms. The zero-order valence-electron chi connectivity index (χ0n) is 17.2. The van der Waals surface area contributed by atoms with Crippen molar-refractivity contribution in [1.82, 2.24) is 20.0 Å². The highest BCUT2D eigenvalue weighted by atomic mass is 35.5. The van der Waals surface area contributed by atoms with Gasteiger partial charge >= 0.3 is 0 Å². The third-order valence-corrected chi connectivity index (χ3v) is 5.84. The van der Waals surface area contributed by atoms with E-state index in [2.05, 4.69) is 10.4 Å². The smallest absolute Gasteiger partial charge is 0.264 e. The number of hydrogen-bond acceptors (Lipinski definition) is 4. The third kappa shape index (κ3) is 4.97. The van der Waals surface area contributed by atoms with Gasteiger partial charge < -0.3 is 10.2 Å². The van der Waals surface area contributed by atoms with E-state index in [1.165, 1.54) is 16.2 Å². The second-order valence-corrected chi connectivity index (χ2v) is 9.56. The van der Waals surface area contributed by atoms with Crippen LogP contribution in [-0.4, -0.2) is 45.6 Å². The molecule has 0 radical (unpaired) electrons. The lowest BCUT2D eigenvalue weighted by atomic mass is 10.1. The Bertz CT molecular complexity index is 1060. The van der Waals surface area contributed by atoms with Crippen molar-refractivity contribution >= 4 is 45.0 Å². The van der Waals surface area contributed by atoms with Crippen molar-refractivity contribution in [3.05, 3.63) is 51.5 Å². The zero-order valence-corrected chi connectivity index (χ0v) is 18.8. The number of aromatic nitrogens is 2. The summed E-state index contributed by atoms with van der Waals surface area (Å²) in [6.45, 7) is 8.19. The first-order chi connectivity index (χ1) is 13.5. The first kappa shape index (κ1) is 21.3. The van der Waals surface area contributed by atoms with Crippen molar-refractivity contribution in [1.29, 1.82) is 0 Å². The first-order valence-corrected chi connectivity index (χ1v) is 10.5. The van der Waals surface area contributed by atoms with Gasteiger partial charge in [0.2, 0.25) is 5.91 Å². The van der Waals surface area contributed by atoms with Gasteiger partial charge in [-0.3, -0.25) is 14.3 Å². The van der Waals surface area contributed by atoms with Gasteiger partial charge in [0.15, 0.2) is 0 Å². The minimum absolute atomic E-state index is 0.00901. The Balaban J connectivity index is 1.81. The van der Waals surface area contributed by atoms with Crippen molar-refractivity contribution in [2.24, 2.45) is 0 Å². The minimum atomic E-state index is -0.335. The largest absolute Gasteiger partial charge is 0.350 e. The molecule has 2 aromatic heterocycles. The number of carbonyl (C=O) groups excluding carboxylic acids is 2. The van der Waals surface area contributed by atoms with Crippen molar-refractivity contribution in [3.8, 4) is 0 Å². The normalized spacial score (nSPS) is 11.7. The molecule has 1 aromatic carbocycles. The molecule has 154 valence electrons. The highest BCUT2D eigenvalue weighted by Crippen LogP contribution is 2.30. The molecule has 0 aliphatic heterocycles. The molecule has 0 spiro atoms. The monoisotopic (exact) mass is 432 g/mol. The number of nitrogens with one attached hydrogen (secondary N) is 1. The Morgan fingerprint density at radius 2 is 1.97 bits per heavy atom. The predicted molar refractivity (Wildman–Crippen MR) is 118 cm³/mol. The number of aryl methyl sites for hydroxylation is 1. The summed E-state index contributed by atoms with van der Waals surface area (Å²) in [5.41, 5.74) is 1.49. The molecule has 0 atom stereocenters. The van der Waals surface area contributed by atoms with Crippen LogP contribution < -0.4 is 5.32 Å². The van der Waals surface area contributed by atoms with E-state index in [1.807, 2.05) is 62.7 Å². The number of hydrogen-bond donors (Lipinski definition) is 1. The van der Waals surface area contributed by atoms with E-state index in [9.17, 15) is 9.59 Å². The minimum Gasteiger partial charge on any atom is -0.350 e. The maximum atomic E-state index is 12.9. The van der Waals surface area contributed by atoms with Gasteiger partial charge in [-0.2, -0.15) is 5.10 Å². The van der Waals surface area contributed by atoms with Crippen LogP contribution in [0.3, 0.4) is 0 Å². The molecule has 0 aliphatic rings. The van der Waals surface area contributed by atoms with Gasteiger partial charge in [-0.05, 0) is 45.4 Å². The third-order valence-electron chi connectivity index (χ3n) is 4.34. The van der Waals surface area contributed by atoms with Gasteiger partial charge in [0.25, 0.3) is 5.91 Å². The molecule has 8 heteroatoms. The van der Waals surface area contributed by atoms with E-state index in [-0.39, 0.29) is 23.9 Å². The Morgan fingerprint density at radius 3 is 2.62 bits per heavy atom. The molecule has 0 saturated carbocycles. The Kier molecular flexibility index (Phi) is 6.00. The fourth-order valence-corrected chi connectivity index (χ4v) is 4.40.